The van der Waals surface area contributed by atoms with E-state index in [-0.39, 0.29) is 16.6 Å². The maximum atomic E-state index is 12.4. The highest BCUT2D eigenvalue weighted by molar-refractivity contribution is 7.92. The van der Waals surface area contributed by atoms with E-state index in [4.69, 9.17) is 4.42 Å². The van der Waals surface area contributed by atoms with Crippen molar-refractivity contribution in [2.24, 2.45) is 0 Å². The lowest BCUT2D eigenvalue weighted by atomic mass is 10.3. The summed E-state index contributed by atoms with van der Waals surface area (Å²) in [6, 6.07) is 12.8. The number of hydrogen-bond donors (Lipinski definition) is 3. The Balaban J connectivity index is 1.63. The number of hydrogen-bond acceptors (Lipinski definition) is 6. The molecule has 3 rings (SSSR count). The van der Waals surface area contributed by atoms with E-state index in [0.29, 0.717) is 12.2 Å². The third-order valence-electron chi connectivity index (χ3n) is 3.53. The van der Waals surface area contributed by atoms with E-state index in [1.807, 2.05) is 6.07 Å². The maximum absolute atomic E-state index is 12.4. The van der Waals surface area contributed by atoms with Crippen molar-refractivity contribution >= 4 is 33.1 Å². The molecule has 0 atom stereocenters. The van der Waals surface area contributed by atoms with Crippen molar-refractivity contribution in [3.05, 3.63) is 66.8 Å². The summed E-state index contributed by atoms with van der Waals surface area (Å²) in [5.41, 5.74) is 1.25. The quantitative estimate of drug-likeness (QED) is 0.575. The van der Waals surface area contributed by atoms with E-state index in [9.17, 15) is 13.2 Å². The average Bonchev–Trinajstić information content (AvgIpc) is 3.14. The molecule has 0 radical (unpaired) electrons. The van der Waals surface area contributed by atoms with Crippen LogP contribution in [0.3, 0.4) is 0 Å². The van der Waals surface area contributed by atoms with Crippen LogP contribution in [0.15, 0.2) is 70.3 Å². The molecule has 3 aromatic rings. The average molecular weight is 386 g/mol. The Hall–Kier alpha value is -3.33. The van der Waals surface area contributed by atoms with E-state index >= 15 is 0 Å². The molecule has 0 saturated carbocycles. The Morgan fingerprint density at radius 3 is 2.41 bits per heavy atom. The first-order chi connectivity index (χ1) is 12.9. The monoisotopic (exact) mass is 386 g/mol. The highest BCUT2D eigenvalue weighted by Crippen LogP contribution is 2.18. The van der Waals surface area contributed by atoms with Gasteiger partial charge in [-0.15, -0.1) is 0 Å². The van der Waals surface area contributed by atoms with Crippen LogP contribution in [0.25, 0.3) is 0 Å². The summed E-state index contributed by atoms with van der Waals surface area (Å²) >= 11 is 0. The fraction of sp³-hybridized carbons (Fsp3) is 0.111. The van der Waals surface area contributed by atoms with Gasteiger partial charge in [-0.05, 0) is 48.5 Å². The minimum Gasteiger partial charge on any atom is -0.467 e. The van der Waals surface area contributed by atoms with Crippen LogP contribution in [-0.2, 0) is 21.4 Å². The fourth-order valence-corrected chi connectivity index (χ4v) is 3.29. The Labute approximate surface area is 156 Å². The molecular formula is C18H18N4O4S. The van der Waals surface area contributed by atoms with Crippen LogP contribution in [0, 0.1) is 0 Å². The lowest BCUT2D eigenvalue weighted by Gasteiger charge is -2.09. The second-order valence-corrected chi connectivity index (χ2v) is 7.36. The Morgan fingerprint density at radius 1 is 1.07 bits per heavy atom. The lowest BCUT2D eigenvalue weighted by Crippen LogP contribution is -2.14. The third-order valence-corrected chi connectivity index (χ3v) is 4.90. The molecule has 0 fully saturated rings. The Kier molecular flexibility index (Phi) is 5.41. The molecule has 0 aliphatic heterocycles. The van der Waals surface area contributed by atoms with E-state index in [2.05, 4.69) is 20.3 Å². The van der Waals surface area contributed by atoms with Crippen molar-refractivity contribution in [2.45, 2.75) is 18.4 Å². The van der Waals surface area contributed by atoms with Gasteiger partial charge in [0.05, 0.1) is 29.6 Å². The van der Waals surface area contributed by atoms with E-state index in [1.165, 1.54) is 37.4 Å². The molecular weight excluding hydrogens is 368 g/mol. The predicted octanol–water partition coefficient (Wildman–Crippen LogP) is 3.05. The van der Waals surface area contributed by atoms with Crippen molar-refractivity contribution in [2.75, 3.05) is 15.4 Å². The molecule has 27 heavy (non-hydrogen) atoms. The molecule has 0 spiro atoms. The zero-order valence-electron chi connectivity index (χ0n) is 14.5. The first kappa shape index (κ1) is 18.5. The third kappa shape index (κ3) is 5.08. The van der Waals surface area contributed by atoms with Gasteiger partial charge >= 0.3 is 0 Å². The zero-order chi connectivity index (χ0) is 19.3. The van der Waals surface area contributed by atoms with Crippen molar-refractivity contribution < 1.29 is 17.6 Å². The number of pyridine rings is 1. The summed E-state index contributed by atoms with van der Waals surface area (Å²) in [7, 11) is -3.78. The van der Waals surface area contributed by atoms with Crippen LogP contribution in [0.1, 0.15) is 12.7 Å². The fourth-order valence-electron chi connectivity index (χ4n) is 2.28. The SMILES string of the molecule is CC(=O)Nc1ccc(S(=O)(=O)Nc2ccc(NCc3ccco3)cn2)cc1. The number of carbonyl (C=O) groups is 1. The number of nitrogens with one attached hydrogen (secondary N) is 3. The molecule has 140 valence electrons. The first-order valence-corrected chi connectivity index (χ1v) is 9.53. The minimum atomic E-state index is -3.78. The van der Waals surface area contributed by atoms with Crippen LogP contribution in [0.5, 0.6) is 0 Å². The van der Waals surface area contributed by atoms with E-state index in [0.717, 1.165) is 11.4 Å². The highest BCUT2D eigenvalue weighted by Gasteiger charge is 2.15. The second-order valence-electron chi connectivity index (χ2n) is 5.68. The number of furan rings is 1. The Bertz CT molecular complexity index is 999. The summed E-state index contributed by atoms with van der Waals surface area (Å²) in [6.07, 6.45) is 3.12. The summed E-state index contributed by atoms with van der Waals surface area (Å²) in [6.45, 7) is 1.88. The van der Waals surface area contributed by atoms with Gasteiger partial charge in [-0.3, -0.25) is 9.52 Å². The molecule has 2 aromatic heterocycles. The predicted molar refractivity (Wildman–Crippen MR) is 102 cm³/mol. The van der Waals surface area contributed by atoms with Crippen LogP contribution < -0.4 is 15.4 Å². The summed E-state index contributed by atoms with van der Waals surface area (Å²) in [5, 5.41) is 5.70. The standard InChI is InChI=1S/C18H18N4O4S/c1-13(23)21-14-4-7-17(8-5-14)27(24,25)22-18-9-6-15(11-20-18)19-12-16-3-2-10-26-16/h2-11,19H,12H2,1H3,(H,20,22)(H,21,23). The summed E-state index contributed by atoms with van der Waals surface area (Å²) in [5.74, 6) is 0.751. The lowest BCUT2D eigenvalue weighted by molar-refractivity contribution is -0.114. The highest BCUT2D eigenvalue weighted by atomic mass is 32.2. The van der Waals surface area contributed by atoms with Gasteiger partial charge in [0.2, 0.25) is 5.91 Å². The number of nitrogens with zero attached hydrogens (tertiary/aromatic N) is 1. The number of anilines is 3. The van der Waals surface area contributed by atoms with Gasteiger partial charge in [0.15, 0.2) is 0 Å². The van der Waals surface area contributed by atoms with Crippen molar-refractivity contribution in [1.29, 1.82) is 0 Å². The molecule has 9 heteroatoms. The molecule has 0 saturated heterocycles. The smallest absolute Gasteiger partial charge is 0.263 e. The molecule has 1 amide bonds. The van der Waals surface area contributed by atoms with E-state index in [1.54, 1.807) is 24.5 Å². The second kappa shape index (κ2) is 7.92. The topological polar surface area (TPSA) is 113 Å². The molecule has 8 nitrogen and oxygen atoms in total. The van der Waals surface area contributed by atoms with Crippen LogP contribution >= 0.6 is 0 Å². The van der Waals surface area contributed by atoms with Crippen LogP contribution in [-0.4, -0.2) is 19.3 Å². The van der Waals surface area contributed by atoms with Gasteiger partial charge in [-0.1, -0.05) is 0 Å². The molecule has 2 heterocycles. The number of aromatic nitrogens is 1. The molecule has 0 unspecified atom stereocenters. The summed E-state index contributed by atoms with van der Waals surface area (Å²) in [4.78, 5) is 15.2. The van der Waals surface area contributed by atoms with Crippen molar-refractivity contribution in [3.8, 4) is 0 Å². The van der Waals surface area contributed by atoms with Crippen LogP contribution in [0.4, 0.5) is 17.2 Å². The number of amides is 1. The van der Waals surface area contributed by atoms with Gasteiger partial charge in [0, 0.05) is 12.6 Å². The van der Waals surface area contributed by atoms with E-state index < -0.39 is 10.0 Å². The van der Waals surface area contributed by atoms with Gasteiger partial charge in [-0.2, -0.15) is 0 Å². The maximum Gasteiger partial charge on any atom is 0.263 e. The molecule has 0 aliphatic carbocycles. The van der Waals surface area contributed by atoms with Gasteiger partial charge in [0.1, 0.15) is 11.6 Å². The number of carbonyl (C=O) groups excluding carboxylic acids is 1. The first-order valence-electron chi connectivity index (χ1n) is 8.05. The molecule has 1 aromatic carbocycles. The molecule has 0 aliphatic rings. The largest absolute Gasteiger partial charge is 0.467 e. The van der Waals surface area contributed by atoms with Crippen molar-refractivity contribution in [3.63, 3.8) is 0 Å². The van der Waals surface area contributed by atoms with Gasteiger partial charge < -0.3 is 15.1 Å². The van der Waals surface area contributed by atoms with Crippen molar-refractivity contribution in [1.82, 2.24) is 4.98 Å². The van der Waals surface area contributed by atoms with Gasteiger partial charge in [-0.25, -0.2) is 13.4 Å². The zero-order valence-corrected chi connectivity index (χ0v) is 15.3. The number of rotatable bonds is 7. The molecule has 3 N–H and O–H groups in total. The van der Waals surface area contributed by atoms with Gasteiger partial charge in [0.25, 0.3) is 10.0 Å². The normalized spacial score (nSPS) is 11.0. The number of sulfonamides is 1. The van der Waals surface area contributed by atoms with Crippen LogP contribution in [0.2, 0.25) is 0 Å². The Morgan fingerprint density at radius 2 is 1.81 bits per heavy atom. The summed E-state index contributed by atoms with van der Waals surface area (Å²) < 4.78 is 32.5. The molecule has 0 bridgehead atoms. The minimum absolute atomic E-state index is 0.0680. The number of benzene rings is 1.